The predicted molar refractivity (Wildman–Crippen MR) is 80.1 cm³/mol. The van der Waals surface area contributed by atoms with Crippen molar-refractivity contribution in [2.75, 3.05) is 50.8 Å². The Kier molecular flexibility index (Phi) is 5.64. The monoisotopic (exact) mass is 297 g/mol. The summed E-state index contributed by atoms with van der Waals surface area (Å²) in [6, 6.07) is 7.78. The molecule has 20 heavy (non-hydrogen) atoms. The lowest BCUT2D eigenvalue weighted by Gasteiger charge is -2.36. The summed E-state index contributed by atoms with van der Waals surface area (Å²) in [6.07, 6.45) is 0. The van der Waals surface area contributed by atoms with Gasteiger partial charge in [-0.05, 0) is 12.1 Å². The minimum atomic E-state index is 0.0252. The second kappa shape index (κ2) is 7.47. The molecule has 1 heterocycles. The van der Waals surface area contributed by atoms with Crippen molar-refractivity contribution < 1.29 is 9.53 Å². The lowest BCUT2D eigenvalue weighted by atomic mass is 10.2. The molecule has 0 spiro atoms. The third-order valence-corrected chi connectivity index (χ3v) is 3.63. The molecule has 0 unspecified atom stereocenters. The number of piperazine rings is 1. The molecular formula is C14H20ClN3O2. The Hall–Kier alpha value is -1.30. The summed E-state index contributed by atoms with van der Waals surface area (Å²) in [6.45, 7) is 3.92. The van der Waals surface area contributed by atoms with Crippen molar-refractivity contribution in [1.29, 1.82) is 0 Å². The van der Waals surface area contributed by atoms with Gasteiger partial charge in [-0.25, -0.2) is 0 Å². The maximum atomic E-state index is 11.9. The second-order valence-corrected chi connectivity index (χ2v) is 5.07. The van der Waals surface area contributed by atoms with Crippen molar-refractivity contribution in [3.05, 3.63) is 29.3 Å². The van der Waals surface area contributed by atoms with Crippen LogP contribution in [0, 0.1) is 0 Å². The molecule has 2 rings (SSSR count). The summed E-state index contributed by atoms with van der Waals surface area (Å²) < 4.78 is 5.18. The zero-order chi connectivity index (χ0) is 14.4. The van der Waals surface area contributed by atoms with Gasteiger partial charge in [-0.2, -0.15) is 0 Å². The number of ether oxygens (including phenoxy) is 1. The highest BCUT2D eigenvalue weighted by Gasteiger charge is 2.22. The van der Waals surface area contributed by atoms with Crippen molar-refractivity contribution in [3.8, 4) is 0 Å². The summed E-state index contributed by atoms with van der Waals surface area (Å²) in [5, 5.41) is 0.749. The average molecular weight is 298 g/mol. The van der Waals surface area contributed by atoms with E-state index in [2.05, 4.69) is 4.90 Å². The number of nitrogens with two attached hydrogens (primary N) is 1. The van der Waals surface area contributed by atoms with Crippen molar-refractivity contribution in [1.82, 2.24) is 4.90 Å². The third kappa shape index (κ3) is 3.85. The molecule has 1 aliphatic rings. The predicted octanol–water partition coefficient (Wildman–Crippen LogP) is 0.964. The fourth-order valence-electron chi connectivity index (χ4n) is 2.24. The number of rotatable bonds is 5. The van der Waals surface area contributed by atoms with Crippen molar-refractivity contribution in [3.63, 3.8) is 0 Å². The first-order chi connectivity index (χ1) is 9.72. The van der Waals surface area contributed by atoms with Crippen LogP contribution in [0.15, 0.2) is 24.3 Å². The molecule has 1 aromatic rings. The van der Waals surface area contributed by atoms with E-state index in [1.54, 1.807) is 0 Å². The Morgan fingerprint density at radius 2 is 1.95 bits per heavy atom. The number of anilines is 1. The smallest absolute Gasteiger partial charge is 0.248 e. The van der Waals surface area contributed by atoms with E-state index in [4.69, 9.17) is 22.1 Å². The number of hydrogen-bond acceptors (Lipinski definition) is 4. The number of carbonyl (C=O) groups is 1. The standard InChI is InChI=1S/C14H20ClN3O2/c15-12-3-1-2-4-13(12)17-6-8-18(9-7-17)14(19)11-20-10-5-16/h1-4H,5-11,16H2. The van der Waals surface area contributed by atoms with Gasteiger partial charge in [0.15, 0.2) is 0 Å². The van der Waals surface area contributed by atoms with Crippen LogP contribution in [0.2, 0.25) is 5.02 Å². The molecule has 1 fully saturated rings. The lowest BCUT2D eigenvalue weighted by molar-refractivity contribution is -0.136. The van der Waals surface area contributed by atoms with Crippen LogP contribution < -0.4 is 10.6 Å². The van der Waals surface area contributed by atoms with Crippen LogP contribution in [0.3, 0.4) is 0 Å². The van der Waals surface area contributed by atoms with Crippen molar-refractivity contribution in [2.24, 2.45) is 5.73 Å². The first kappa shape index (κ1) is 15.1. The molecule has 2 N–H and O–H groups in total. The maximum Gasteiger partial charge on any atom is 0.248 e. The zero-order valence-corrected chi connectivity index (χ0v) is 12.2. The van der Waals surface area contributed by atoms with E-state index < -0.39 is 0 Å². The van der Waals surface area contributed by atoms with Gasteiger partial charge in [0.25, 0.3) is 0 Å². The van der Waals surface area contributed by atoms with Gasteiger partial charge in [0.2, 0.25) is 5.91 Å². The Labute approximate surface area is 124 Å². The molecule has 0 bridgehead atoms. The normalized spacial score (nSPS) is 15.5. The van der Waals surface area contributed by atoms with E-state index in [0.717, 1.165) is 23.8 Å². The number of halogens is 1. The number of para-hydroxylation sites is 1. The van der Waals surface area contributed by atoms with Crippen LogP contribution in [0.4, 0.5) is 5.69 Å². The van der Waals surface area contributed by atoms with Gasteiger partial charge in [-0.15, -0.1) is 0 Å². The highest BCUT2D eigenvalue weighted by Crippen LogP contribution is 2.25. The summed E-state index contributed by atoms with van der Waals surface area (Å²) in [5.41, 5.74) is 6.35. The van der Waals surface area contributed by atoms with E-state index in [1.165, 1.54) is 0 Å². The van der Waals surface area contributed by atoms with Gasteiger partial charge in [0.1, 0.15) is 6.61 Å². The number of hydrogen-bond donors (Lipinski definition) is 1. The van der Waals surface area contributed by atoms with Crippen LogP contribution in [-0.2, 0) is 9.53 Å². The SMILES string of the molecule is NCCOCC(=O)N1CCN(c2ccccc2Cl)CC1. The van der Waals surface area contributed by atoms with Gasteiger partial charge in [-0.3, -0.25) is 4.79 Å². The summed E-state index contributed by atoms with van der Waals surface area (Å²) in [5.74, 6) is 0.0252. The average Bonchev–Trinajstić information content (AvgIpc) is 2.48. The molecule has 110 valence electrons. The van der Waals surface area contributed by atoms with E-state index in [1.807, 2.05) is 29.2 Å². The van der Waals surface area contributed by atoms with Crippen LogP contribution in [-0.4, -0.2) is 56.7 Å². The molecule has 1 amide bonds. The number of nitrogens with zero attached hydrogens (tertiary/aromatic N) is 2. The van der Waals surface area contributed by atoms with Crippen LogP contribution in [0.25, 0.3) is 0 Å². The minimum absolute atomic E-state index is 0.0252. The van der Waals surface area contributed by atoms with Crippen molar-refractivity contribution >= 4 is 23.2 Å². The summed E-state index contributed by atoms with van der Waals surface area (Å²) in [4.78, 5) is 15.9. The molecule has 5 nitrogen and oxygen atoms in total. The topological polar surface area (TPSA) is 58.8 Å². The van der Waals surface area contributed by atoms with Crippen LogP contribution in [0.1, 0.15) is 0 Å². The van der Waals surface area contributed by atoms with E-state index in [0.29, 0.717) is 26.2 Å². The highest BCUT2D eigenvalue weighted by atomic mass is 35.5. The quantitative estimate of drug-likeness (QED) is 0.823. The molecule has 1 saturated heterocycles. The maximum absolute atomic E-state index is 11.9. The zero-order valence-electron chi connectivity index (χ0n) is 11.4. The van der Waals surface area contributed by atoms with Gasteiger partial charge in [-0.1, -0.05) is 23.7 Å². The summed E-state index contributed by atoms with van der Waals surface area (Å²) in [7, 11) is 0. The number of carbonyl (C=O) groups excluding carboxylic acids is 1. The van der Waals surface area contributed by atoms with E-state index in [-0.39, 0.29) is 12.5 Å². The molecule has 1 aromatic carbocycles. The molecule has 0 radical (unpaired) electrons. The molecule has 0 aromatic heterocycles. The second-order valence-electron chi connectivity index (χ2n) is 4.66. The fourth-order valence-corrected chi connectivity index (χ4v) is 2.49. The molecule has 0 aliphatic carbocycles. The Morgan fingerprint density at radius 1 is 1.25 bits per heavy atom. The van der Waals surface area contributed by atoms with E-state index in [9.17, 15) is 4.79 Å². The molecule has 1 aliphatic heterocycles. The van der Waals surface area contributed by atoms with Crippen LogP contribution >= 0.6 is 11.6 Å². The van der Waals surface area contributed by atoms with Crippen LogP contribution in [0.5, 0.6) is 0 Å². The molecule has 6 heteroatoms. The van der Waals surface area contributed by atoms with Gasteiger partial charge < -0.3 is 20.3 Å². The lowest BCUT2D eigenvalue weighted by Crippen LogP contribution is -2.49. The Morgan fingerprint density at radius 3 is 2.60 bits per heavy atom. The molecule has 0 saturated carbocycles. The van der Waals surface area contributed by atoms with Gasteiger partial charge in [0, 0.05) is 32.7 Å². The number of amides is 1. The largest absolute Gasteiger partial charge is 0.370 e. The van der Waals surface area contributed by atoms with Gasteiger partial charge >= 0.3 is 0 Å². The van der Waals surface area contributed by atoms with Crippen molar-refractivity contribution in [2.45, 2.75) is 0 Å². The Balaban J connectivity index is 1.83. The van der Waals surface area contributed by atoms with E-state index >= 15 is 0 Å². The Bertz CT molecular complexity index is 448. The fraction of sp³-hybridized carbons (Fsp3) is 0.500. The first-order valence-corrected chi connectivity index (χ1v) is 7.15. The molecule has 0 atom stereocenters. The van der Waals surface area contributed by atoms with Gasteiger partial charge in [0.05, 0.1) is 17.3 Å². The minimum Gasteiger partial charge on any atom is -0.370 e. The highest BCUT2D eigenvalue weighted by molar-refractivity contribution is 6.33. The third-order valence-electron chi connectivity index (χ3n) is 3.31. The number of benzene rings is 1. The summed E-state index contributed by atoms with van der Waals surface area (Å²) >= 11 is 6.19. The first-order valence-electron chi connectivity index (χ1n) is 6.77. The molecular weight excluding hydrogens is 278 g/mol.